The highest BCUT2D eigenvalue weighted by Gasteiger charge is 2.25. The highest BCUT2D eigenvalue weighted by Crippen LogP contribution is 2.18. The van der Waals surface area contributed by atoms with E-state index in [0.29, 0.717) is 5.69 Å². The van der Waals surface area contributed by atoms with E-state index in [1.165, 1.54) is 18.2 Å². The molecule has 0 aromatic heterocycles. The number of benzene rings is 2. The van der Waals surface area contributed by atoms with E-state index in [1.54, 1.807) is 30.0 Å². The fourth-order valence-electron chi connectivity index (χ4n) is 2.29. The minimum atomic E-state index is -0.771. The van der Waals surface area contributed by atoms with E-state index >= 15 is 0 Å². The van der Waals surface area contributed by atoms with Gasteiger partial charge < -0.3 is 10.6 Å². The molecule has 0 spiro atoms. The zero-order chi connectivity index (χ0) is 18.4. The maximum Gasteiger partial charge on any atom is 0.254 e. The van der Waals surface area contributed by atoms with Crippen LogP contribution in [0.1, 0.15) is 24.2 Å². The molecule has 0 aliphatic carbocycles. The summed E-state index contributed by atoms with van der Waals surface area (Å²) >= 11 is 1.61. The van der Waals surface area contributed by atoms with E-state index in [0.717, 1.165) is 4.90 Å². The average Bonchev–Trinajstić information content (AvgIpc) is 2.60. The van der Waals surface area contributed by atoms with Crippen molar-refractivity contribution >= 4 is 29.3 Å². The lowest BCUT2D eigenvalue weighted by molar-refractivity contribution is -0.118. The molecular weight excluding hydrogens is 339 g/mol. The van der Waals surface area contributed by atoms with Crippen LogP contribution in [0.25, 0.3) is 0 Å². The van der Waals surface area contributed by atoms with Crippen molar-refractivity contribution in [2.24, 2.45) is 5.92 Å². The largest absolute Gasteiger partial charge is 0.340 e. The first-order valence-corrected chi connectivity index (χ1v) is 9.15. The fraction of sp³-hybridized carbons (Fsp3) is 0.263. The van der Waals surface area contributed by atoms with E-state index in [-0.39, 0.29) is 17.4 Å². The van der Waals surface area contributed by atoms with Crippen LogP contribution in [0, 0.1) is 11.7 Å². The number of halogens is 1. The zero-order valence-electron chi connectivity index (χ0n) is 14.4. The number of hydrogen-bond acceptors (Lipinski definition) is 3. The number of carbonyl (C=O) groups is 2. The summed E-state index contributed by atoms with van der Waals surface area (Å²) in [6, 6.07) is 12.3. The Bertz CT molecular complexity index is 747. The van der Waals surface area contributed by atoms with Crippen LogP contribution in [0.2, 0.25) is 0 Å². The van der Waals surface area contributed by atoms with Crippen LogP contribution in [0.4, 0.5) is 10.1 Å². The van der Waals surface area contributed by atoms with Crippen LogP contribution in [-0.4, -0.2) is 24.1 Å². The van der Waals surface area contributed by atoms with E-state index in [9.17, 15) is 14.0 Å². The molecule has 1 atom stereocenters. The summed E-state index contributed by atoms with van der Waals surface area (Å²) in [5.41, 5.74) is 0.568. The van der Waals surface area contributed by atoms with Gasteiger partial charge in [0.1, 0.15) is 11.9 Å². The lowest BCUT2D eigenvalue weighted by atomic mass is 10.0. The Hall–Kier alpha value is -2.34. The number of nitrogens with one attached hydrogen (secondary N) is 2. The second-order valence-corrected chi connectivity index (χ2v) is 6.77. The Kier molecular flexibility index (Phi) is 6.58. The minimum Gasteiger partial charge on any atom is -0.340 e. The van der Waals surface area contributed by atoms with Crippen molar-refractivity contribution in [1.82, 2.24) is 5.32 Å². The normalized spacial score (nSPS) is 11.9. The molecule has 0 radical (unpaired) electrons. The van der Waals surface area contributed by atoms with Gasteiger partial charge in [0.15, 0.2) is 0 Å². The predicted molar refractivity (Wildman–Crippen MR) is 99.3 cm³/mol. The third kappa shape index (κ3) is 5.06. The lowest BCUT2D eigenvalue weighted by Gasteiger charge is -2.22. The molecule has 0 unspecified atom stereocenters. The lowest BCUT2D eigenvalue weighted by Crippen LogP contribution is -2.47. The van der Waals surface area contributed by atoms with E-state index in [4.69, 9.17) is 0 Å². The Morgan fingerprint density at radius 2 is 1.68 bits per heavy atom. The van der Waals surface area contributed by atoms with Crippen LogP contribution >= 0.6 is 11.8 Å². The molecule has 132 valence electrons. The van der Waals surface area contributed by atoms with Crippen molar-refractivity contribution in [2.75, 3.05) is 11.6 Å². The molecule has 0 aliphatic heterocycles. The smallest absolute Gasteiger partial charge is 0.254 e. The van der Waals surface area contributed by atoms with Crippen molar-refractivity contribution in [1.29, 1.82) is 0 Å². The maximum atomic E-state index is 13.7. The van der Waals surface area contributed by atoms with Crippen LogP contribution in [0.3, 0.4) is 0 Å². The maximum absolute atomic E-state index is 13.7. The molecule has 25 heavy (non-hydrogen) atoms. The molecule has 6 heteroatoms. The van der Waals surface area contributed by atoms with Crippen LogP contribution < -0.4 is 10.6 Å². The number of amides is 2. The molecule has 2 aromatic rings. The van der Waals surface area contributed by atoms with Crippen LogP contribution in [0.5, 0.6) is 0 Å². The summed E-state index contributed by atoms with van der Waals surface area (Å²) in [4.78, 5) is 25.9. The molecule has 0 bridgehead atoms. The Labute approximate surface area is 151 Å². The van der Waals surface area contributed by atoms with Gasteiger partial charge in [-0.15, -0.1) is 11.8 Å². The van der Waals surface area contributed by atoms with Gasteiger partial charge in [-0.2, -0.15) is 0 Å². The highest BCUT2D eigenvalue weighted by molar-refractivity contribution is 7.98. The third-order valence-electron chi connectivity index (χ3n) is 3.71. The van der Waals surface area contributed by atoms with Gasteiger partial charge in [0, 0.05) is 10.6 Å². The van der Waals surface area contributed by atoms with Gasteiger partial charge in [-0.05, 0) is 48.6 Å². The SMILES string of the molecule is CSc1ccc(NC(=O)[C@@H](NC(=O)c2ccccc2F)C(C)C)cc1. The standard InChI is InChI=1S/C19H21FN2O2S/c1-12(2)17(22-18(23)15-6-4-5-7-16(15)20)19(24)21-13-8-10-14(25-3)11-9-13/h4-12,17H,1-3H3,(H,21,24)(H,22,23)/t17-/m0/s1. The monoisotopic (exact) mass is 360 g/mol. The van der Waals surface area contributed by atoms with Gasteiger partial charge in [-0.3, -0.25) is 9.59 Å². The number of thioether (sulfide) groups is 1. The molecule has 2 rings (SSSR count). The number of rotatable bonds is 6. The molecule has 0 saturated heterocycles. The molecule has 0 saturated carbocycles. The first-order chi connectivity index (χ1) is 11.9. The van der Waals surface area contributed by atoms with Gasteiger partial charge in [-0.1, -0.05) is 26.0 Å². The molecule has 2 aromatic carbocycles. The summed E-state index contributed by atoms with van der Waals surface area (Å²) in [6.07, 6.45) is 1.97. The summed E-state index contributed by atoms with van der Waals surface area (Å²) < 4.78 is 13.7. The Balaban J connectivity index is 2.10. The van der Waals surface area contributed by atoms with Gasteiger partial charge >= 0.3 is 0 Å². The van der Waals surface area contributed by atoms with Crippen LogP contribution in [-0.2, 0) is 4.79 Å². The molecular formula is C19H21FN2O2S. The summed E-state index contributed by atoms with van der Waals surface area (Å²) in [6.45, 7) is 3.64. The summed E-state index contributed by atoms with van der Waals surface area (Å²) in [7, 11) is 0. The fourth-order valence-corrected chi connectivity index (χ4v) is 2.70. The minimum absolute atomic E-state index is 0.0785. The first kappa shape index (κ1) is 19.0. The Morgan fingerprint density at radius 3 is 2.24 bits per heavy atom. The van der Waals surface area contributed by atoms with Gasteiger partial charge in [-0.25, -0.2) is 4.39 Å². The molecule has 0 aliphatic rings. The first-order valence-electron chi connectivity index (χ1n) is 7.92. The van der Waals surface area contributed by atoms with Crippen molar-refractivity contribution < 1.29 is 14.0 Å². The van der Waals surface area contributed by atoms with Gasteiger partial charge in [0.25, 0.3) is 5.91 Å². The van der Waals surface area contributed by atoms with Crippen molar-refractivity contribution in [3.63, 3.8) is 0 Å². The van der Waals surface area contributed by atoms with E-state index in [1.807, 2.05) is 32.2 Å². The topological polar surface area (TPSA) is 58.2 Å². The van der Waals surface area contributed by atoms with Crippen molar-refractivity contribution in [3.8, 4) is 0 Å². The zero-order valence-corrected chi connectivity index (χ0v) is 15.2. The summed E-state index contributed by atoms with van der Waals surface area (Å²) in [5.74, 6) is -1.71. The van der Waals surface area contributed by atoms with Gasteiger partial charge in [0.2, 0.25) is 5.91 Å². The summed E-state index contributed by atoms with van der Waals surface area (Å²) in [5, 5.41) is 5.41. The van der Waals surface area contributed by atoms with Crippen molar-refractivity contribution in [3.05, 3.63) is 59.9 Å². The van der Waals surface area contributed by atoms with E-state index < -0.39 is 17.8 Å². The second-order valence-electron chi connectivity index (χ2n) is 5.89. The molecule has 0 heterocycles. The number of hydrogen-bond donors (Lipinski definition) is 2. The van der Waals surface area contributed by atoms with Crippen LogP contribution in [0.15, 0.2) is 53.4 Å². The van der Waals surface area contributed by atoms with Crippen molar-refractivity contribution in [2.45, 2.75) is 24.8 Å². The third-order valence-corrected chi connectivity index (χ3v) is 4.46. The quantitative estimate of drug-likeness (QED) is 0.767. The second kappa shape index (κ2) is 8.67. The van der Waals surface area contributed by atoms with Gasteiger partial charge in [0.05, 0.1) is 5.56 Å². The number of anilines is 1. The predicted octanol–water partition coefficient (Wildman–Crippen LogP) is 3.94. The number of carbonyl (C=O) groups excluding carboxylic acids is 2. The molecule has 2 N–H and O–H groups in total. The molecule has 2 amide bonds. The molecule has 4 nitrogen and oxygen atoms in total. The highest BCUT2D eigenvalue weighted by atomic mass is 32.2. The molecule has 0 fully saturated rings. The Morgan fingerprint density at radius 1 is 1.04 bits per heavy atom. The average molecular weight is 360 g/mol. The van der Waals surface area contributed by atoms with E-state index in [2.05, 4.69) is 10.6 Å².